The van der Waals surface area contributed by atoms with Crippen LogP contribution in [0.2, 0.25) is 0 Å². The second-order valence-electron chi connectivity index (χ2n) is 4.56. The van der Waals surface area contributed by atoms with Crippen LogP contribution in [0.15, 0.2) is 0 Å². The van der Waals surface area contributed by atoms with Crippen LogP contribution >= 0.6 is 0 Å². The van der Waals surface area contributed by atoms with Crippen molar-refractivity contribution in [3.63, 3.8) is 0 Å². The molecular formula is C10H18N2O. The highest BCUT2D eigenvalue weighted by Gasteiger charge is 2.40. The van der Waals surface area contributed by atoms with E-state index >= 15 is 0 Å². The molecule has 13 heavy (non-hydrogen) atoms. The van der Waals surface area contributed by atoms with Crippen LogP contribution in [0.1, 0.15) is 33.1 Å². The summed E-state index contributed by atoms with van der Waals surface area (Å²) < 4.78 is 0. The van der Waals surface area contributed by atoms with Crippen LogP contribution in [0.25, 0.3) is 0 Å². The van der Waals surface area contributed by atoms with Gasteiger partial charge in [-0.3, -0.25) is 10.1 Å². The first kappa shape index (κ1) is 9.00. The maximum atomic E-state index is 11.5. The molecule has 1 aliphatic heterocycles. The molecule has 74 valence electrons. The van der Waals surface area contributed by atoms with Gasteiger partial charge in [-0.2, -0.15) is 0 Å². The van der Waals surface area contributed by atoms with Gasteiger partial charge < -0.3 is 4.90 Å². The number of carbonyl (C=O) groups is 1. The summed E-state index contributed by atoms with van der Waals surface area (Å²) in [5.41, 5.74) is 0. The highest BCUT2D eigenvalue weighted by molar-refractivity contribution is 5.81. The highest BCUT2D eigenvalue weighted by Crippen LogP contribution is 2.31. The number of hydrogen-bond acceptors (Lipinski definition) is 2. The minimum Gasteiger partial charge on any atom is -0.323 e. The average molecular weight is 182 g/mol. The molecule has 2 fully saturated rings. The number of amides is 1. The maximum Gasteiger partial charge on any atom is 0.238 e. The van der Waals surface area contributed by atoms with E-state index in [0.717, 1.165) is 6.42 Å². The molecule has 1 atom stereocenters. The van der Waals surface area contributed by atoms with Crippen molar-refractivity contribution >= 4 is 5.91 Å². The summed E-state index contributed by atoms with van der Waals surface area (Å²) >= 11 is 0. The lowest BCUT2D eigenvalue weighted by Crippen LogP contribution is -2.39. The zero-order valence-electron chi connectivity index (χ0n) is 8.42. The van der Waals surface area contributed by atoms with Crippen LogP contribution in [0.5, 0.6) is 0 Å². The summed E-state index contributed by atoms with van der Waals surface area (Å²) in [7, 11) is 0. The molecule has 1 unspecified atom stereocenters. The van der Waals surface area contributed by atoms with E-state index in [1.807, 2.05) is 0 Å². The minimum absolute atomic E-state index is 0.299. The predicted octanol–water partition coefficient (Wildman–Crippen LogP) is 0.953. The van der Waals surface area contributed by atoms with Crippen LogP contribution in [0.3, 0.4) is 0 Å². The molecule has 0 bridgehead atoms. The average Bonchev–Trinajstić information content (AvgIpc) is 2.79. The lowest BCUT2D eigenvalue weighted by atomic mass is 10.1. The molecule has 3 nitrogen and oxygen atoms in total. The molecule has 1 heterocycles. The van der Waals surface area contributed by atoms with Crippen LogP contribution in [-0.2, 0) is 4.79 Å². The number of hydrogen-bond donors (Lipinski definition) is 1. The van der Waals surface area contributed by atoms with E-state index in [4.69, 9.17) is 0 Å². The van der Waals surface area contributed by atoms with E-state index in [1.165, 1.54) is 12.8 Å². The van der Waals surface area contributed by atoms with E-state index in [9.17, 15) is 4.79 Å². The summed E-state index contributed by atoms with van der Waals surface area (Å²) in [4.78, 5) is 13.6. The van der Waals surface area contributed by atoms with Crippen molar-refractivity contribution in [2.75, 3.05) is 6.54 Å². The first-order valence-electron chi connectivity index (χ1n) is 5.23. The van der Waals surface area contributed by atoms with E-state index < -0.39 is 0 Å². The van der Waals surface area contributed by atoms with Crippen molar-refractivity contribution in [2.45, 2.75) is 45.3 Å². The number of rotatable bonds is 3. The second-order valence-corrected chi connectivity index (χ2v) is 4.56. The molecule has 1 amide bonds. The fourth-order valence-electron chi connectivity index (χ4n) is 2.02. The van der Waals surface area contributed by atoms with E-state index in [-0.39, 0.29) is 0 Å². The van der Waals surface area contributed by atoms with Crippen molar-refractivity contribution in [2.24, 2.45) is 5.92 Å². The fraction of sp³-hybridized carbons (Fsp3) is 0.900. The number of nitrogens with zero attached hydrogens (tertiary/aromatic N) is 1. The Balaban J connectivity index is 1.97. The van der Waals surface area contributed by atoms with Gasteiger partial charge in [0, 0.05) is 6.04 Å². The monoisotopic (exact) mass is 182 g/mol. The second kappa shape index (κ2) is 3.29. The SMILES string of the molecule is CC(C)CC1NCC(=O)N1C1CC1. The Labute approximate surface area is 79.5 Å². The van der Waals surface area contributed by atoms with Gasteiger partial charge in [0.15, 0.2) is 0 Å². The highest BCUT2D eigenvalue weighted by atomic mass is 16.2. The molecule has 0 aromatic heterocycles. The Morgan fingerprint density at radius 1 is 1.54 bits per heavy atom. The lowest BCUT2D eigenvalue weighted by molar-refractivity contribution is -0.128. The number of nitrogens with one attached hydrogen (secondary N) is 1. The lowest BCUT2D eigenvalue weighted by Gasteiger charge is -2.25. The minimum atomic E-state index is 0.299. The Bertz CT molecular complexity index is 211. The third kappa shape index (κ3) is 1.85. The summed E-state index contributed by atoms with van der Waals surface area (Å²) in [5.74, 6) is 0.956. The molecule has 1 N–H and O–H groups in total. The van der Waals surface area contributed by atoms with Crippen LogP contribution < -0.4 is 5.32 Å². The maximum absolute atomic E-state index is 11.5. The molecular weight excluding hydrogens is 164 g/mol. The van der Waals surface area contributed by atoms with Crippen molar-refractivity contribution < 1.29 is 4.79 Å². The molecule has 0 aromatic rings. The zero-order chi connectivity index (χ0) is 9.42. The molecule has 0 aromatic carbocycles. The zero-order valence-corrected chi connectivity index (χ0v) is 8.42. The fourth-order valence-corrected chi connectivity index (χ4v) is 2.02. The molecule has 1 saturated carbocycles. The Morgan fingerprint density at radius 3 is 2.77 bits per heavy atom. The third-order valence-corrected chi connectivity index (χ3v) is 2.75. The Hall–Kier alpha value is -0.570. The number of carbonyl (C=O) groups excluding carboxylic acids is 1. The van der Waals surface area contributed by atoms with Gasteiger partial charge >= 0.3 is 0 Å². The summed E-state index contributed by atoms with van der Waals surface area (Å²) in [6.45, 7) is 4.96. The van der Waals surface area contributed by atoms with Gasteiger partial charge in [-0.1, -0.05) is 13.8 Å². The first-order valence-corrected chi connectivity index (χ1v) is 5.23. The molecule has 3 heteroatoms. The van der Waals surface area contributed by atoms with E-state index in [2.05, 4.69) is 24.1 Å². The summed E-state index contributed by atoms with van der Waals surface area (Å²) in [6, 6.07) is 0.561. The van der Waals surface area contributed by atoms with Gasteiger partial charge in [-0.05, 0) is 25.2 Å². The van der Waals surface area contributed by atoms with E-state index in [0.29, 0.717) is 30.6 Å². The standard InChI is InChI=1S/C10H18N2O/c1-7(2)5-9-11-6-10(13)12(9)8-3-4-8/h7-9,11H,3-6H2,1-2H3. The predicted molar refractivity (Wildman–Crippen MR) is 51.1 cm³/mol. The quantitative estimate of drug-likeness (QED) is 0.705. The first-order chi connectivity index (χ1) is 6.18. The van der Waals surface area contributed by atoms with Crippen molar-refractivity contribution in [1.82, 2.24) is 10.2 Å². The van der Waals surface area contributed by atoms with Crippen LogP contribution in [-0.4, -0.2) is 29.6 Å². The van der Waals surface area contributed by atoms with Crippen LogP contribution in [0.4, 0.5) is 0 Å². The van der Waals surface area contributed by atoms with Gasteiger partial charge in [-0.25, -0.2) is 0 Å². The van der Waals surface area contributed by atoms with Gasteiger partial charge in [0.2, 0.25) is 5.91 Å². The van der Waals surface area contributed by atoms with E-state index in [1.54, 1.807) is 0 Å². The summed E-state index contributed by atoms with van der Waals surface area (Å²) in [5, 5.41) is 3.29. The largest absolute Gasteiger partial charge is 0.323 e. The molecule has 2 rings (SSSR count). The molecule has 0 radical (unpaired) electrons. The molecule has 1 saturated heterocycles. The molecule has 2 aliphatic rings. The Morgan fingerprint density at radius 2 is 2.23 bits per heavy atom. The smallest absolute Gasteiger partial charge is 0.238 e. The van der Waals surface area contributed by atoms with Gasteiger partial charge in [0.25, 0.3) is 0 Å². The van der Waals surface area contributed by atoms with Gasteiger partial charge in [0.05, 0.1) is 12.7 Å². The van der Waals surface area contributed by atoms with Crippen molar-refractivity contribution in [1.29, 1.82) is 0 Å². The normalized spacial score (nSPS) is 29.0. The Kier molecular flexibility index (Phi) is 2.28. The molecule has 1 aliphatic carbocycles. The third-order valence-electron chi connectivity index (χ3n) is 2.75. The van der Waals surface area contributed by atoms with Gasteiger partial charge in [0.1, 0.15) is 0 Å². The topological polar surface area (TPSA) is 32.3 Å². The summed E-state index contributed by atoms with van der Waals surface area (Å²) in [6.07, 6.45) is 3.83. The molecule has 0 spiro atoms. The van der Waals surface area contributed by atoms with Crippen LogP contribution in [0, 0.1) is 5.92 Å². The van der Waals surface area contributed by atoms with Crippen molar-refractivity contribution in [3.8, 4) is 0 Å². The van der Waals surface area contributed by atoms with Crippen molar-refractivity contribution in [3.05, 3.63) is 0 Å². The van der Waals surface area contributed by atoms with Gasteiger partial charge in [-0.15, -0.1) is 0 Å².